The van der Waals surface area contributed by atoms with Gasteiger partial charge in [0, 0.05) is 31.2 Å². The van der Waals surface area contributed by atoms with Gasteiger partial charge in [-0.25, -0.2) is 4.98 Å². The first-order chi connectivity index (χ1) is 15.5. The minimum Gasteiger partial charge on any atom is -0.352 e. The van der Waals surface area contributed by atoms with Gasteiger partial charge in [-0.05, 0) is 69.4 Å². The van der Waals surface area contributed by atoms with E-state index in [1.807, 2.05) is 36.1 Å². The summed E-state index contributed by atoms with van der Waals surface area (Å²) in [5.41, 5.74) is 5.04. The smallest absolute Gasteiger partial charge is 0.253 e. The number of piperidine rings is 1. The highest BCUT2D eigenvalue weighted by molar-refractivity contribution is 5.94. The van der Waals surface area contributed by atoms with Crippen LogP contribution in [0.4, 0.5) is 0 Å². The van der Waals surface area contributed by atoms with E-state index in [1.54, 1.807) is 0 Å². The van der Waals surface area contributed by atoms with Crippen molar-refractivity contribution in [3.05, 3.63) is 65.0 Å². The van der Waals surface area contributed by atoms with E-state index >= 15 is 0 Å². The molecule has 1 N–H and O–H groups in total. The number of carbonyl (C=O) groups is 2. The summed E-state index contributed by atoms with van der Waals surface area (Å²) in [6.45, 7) is 5.73. The molecule has 2 amide bonds. The third kappa shape index (κ3) is 4.14. The van der Waals surface area contributed by atoms with Crippen molar-refractivity contribution in [2.24, 2.45) is 5.92 Å². The molecule has 3 aromatic rings. The van der Waals surface area contributed by atoms with Gasteiger partial charge < -0.3 is 14.8 Å². The van der Waals surface area contributed by atoms with Gasteiger partial charge >= 0.3 is 0 Å². The average molecular weight is 431 g/mol. The van der Waals surface area contributed by atoms with Crippen LogP contribution in [0.2, 0.25) is 0 Å². The molecule has 0 radical (unpaired) electrons. The zero-order valence-electron chi connectivity index (χ0n) is 18.8. The van der Waals surface area contributed by atoms with E-state index in [-0.39, 0.29) is 17.7 Å². The summed E-state index contributed by atoms with van der Waals surface area (Å²) in [6, 6.07) is 14.5. The molecule has 0 bridgehead atoms. The van der Waals surface area contributed by atoms with Gasteiger partial charge in [-0.2, -0.15) is 0 Å². The molecular weight excluding hydrogens is 400 g/mol. The van der Waals surface area contributed by atoms with Crippen LogP contribution in [0.5, 0.6) is 0 Å². The van der Waals surface area contributed by atoms with E-state index < -0.39 is 0 Å². The lowest BCUT2D eigenvalue weighted by atomic mass is 9.96. The normalized spacial score (nSPS) is 18.7. The summed E-state index contributed by atoms with van der Waals surface area (Å²) in [5, 5.41) is 3.09. The van der Waals surface area contributed by atoms with Crippen molar-refractivity contribution in [3.63, 3.8) is 0 Å². The monoisotopic (exact) mass is 430 g/mol. The molecular formula is C26H30N4O2. The maximum atomic E-state index is 12.9. The maximum Gasteiger partial charge on any atom is 0.253 e. The number of likely N-dealkylation sites (tertiary alicyclic amines) is 1. The summed E-state index contributed by atoms with van der Waals surface area (Å²) < 4.78 is 2.33. The number of nitrogens with zero attached hydrogens (tertiary/aromatic N) is 3. The number of aromatic nitrogens is 2. The van der Waals surface area contributed by atoms with Crippen molar-refractivity contribution < 1.29 is 9.59 Å². The molecule has 1 aliphatic carbocycles. The predicted octanol–water partition coefficient (Wildman–Crippen LogP) is 4.16. The van der Waals surface area contributed by atoms with Gasteiger partial charge in [0.25, 0.3) is 5.91 Å². The molecule has 1 aliphatic heterocycles. The lowest BCUT2D eigenvalue weighted by Crippen LogP contribution is -2.45. The molecule has 5 rings (SSSR count). The number of hydrogen-bond donors (Lipinski definition) is 1. The number of carbonyl (C=O) groups excluding carboxylic acids is 2. The second-order valence-electron chi connectivity index (χ2n) is 9.26. The largest absolute Gasteiger partial charge is 0.352 e. The van der Waals surface area contributed by atoms with Crippen LogP contribution in [-0.2, 0) is 11.3 Å². The van der Waals surface area contributed by atoms with Crippen LogP contribution in [0.25, 0.3) is 11.0 Å². The number of fused-ring (bicyclic) bond motifs is 1. The van der Waals surface area contributed by atoms with Crippen LogP contribution in [0.3, 0.4) is 0 Å². The van der Waals surface area contributed by atoms with Gasteiger partial charge in [-0.15, -0.1) is 0 Å². The fourth-order valence-corrected chi connectivity index (χ4v) is 4.76. The Kier molecular flexibility index (Phi) is 5.45. The third-order valence-corrected chi connectivity index (χ3v) is 6.69. The van der Waals surface area contributed by atoms with Crippen molar-refractivity contribution in [1.29, 1.82) is 0 Å². The van der Waals surface area contributed by atoms with Crippen LogP contribution in [0, 0.1) is 19.8 Å². The third-order valence-electron chi connectivity index (χ3n) is 6.69. The molecule has 6 nitrogen and oxygen atoms in total. The van der Waals surface area contributed by atoms with E-state index in [0.717, 1.165) is 35.3 Å². The van der Waals surface area contributed by atoms with Crippen LogP contribution in [-0.4, -0.2) is 39.4 Å². The number of rotatable bonds is 5. The van der Waals surface area contributed by atoms with E-state index in [4.69, 9.17) is 4.98 Å². The molecule has 2 fully saturated rings. The van der Waals surface area contributed by atoms with Gasteiger partial charge in [-0.1, -0.05) is 23.8 Å². The molecule has 1 unspecified atom stereocenters. The van der Waals surface area contributed by atoms with Gasteiger partial charge in [-0.3, -0.25) is 9.59 Å². The fraction of sp³-hybridized carbons (Fsp3) is 0.423. The van der Waals surface area contributed by atoms with Crippen molar-refractivity contribution in [2.75, 3.05) is 13.1 Å². The molecule has 1 aromatic heterocycles. The van der Waals surface area contributed by atoms with Gasteiger partial charge in [0.1, 0.15) is 5.82 Å². The van der Waals surface area contributed by atoms with Crippen molar-refractivity contribution >= 4 is 22.8 Å². The van der Waals surface area contributed by atoms with Crippen LogP contribution < -0.4 is 5.32 Å². The van der Waals surface area contributed by atoms with Gasteiger partial charge in [0.05, 0.1) is 17.0 Å². The molecule has 1 saturated heterocycles. The Balaban J connectivity index is 1.21. The summed E-state index contributed by atoms with van der Waals surface area (Å²) in [7, 11) is 0. The lowest BCUT2D eigenvalue weighted by molar-refractivity contribution is -0.126. The molecule has 32 heavy (non-hydrogen) atoms. The quantitative estimate of drug-likeness (QED) is 0.661. The molecule has 2 aromatic carbocycles. The van der Waals surface area contributed by atoms with E-state index in [2.05, 4.69) is 35.0 Å². The highest BCUT2D eigenvalue weighted by Crippen LogP contribution is 2.38. The fourth-order valence-electron chi connectivity index (χ4n) is 4.76. The number of hydrogen-bond acceptors (Lipinski definition) is 3. The van der Waals surface area contributed by atoms with Gasteiger partial charge in [0.15, 0.2) is 0 Å². The molecule has 0 spiro atoms. The SMILES string of the molecule is Cc1ccc(C(=O)N2CCCC(C(=O)NCc3ccc4c(c3)nc(C)n4C3CC3)C2)cc1. The first kappa shape index (κ1) is 20.7. The predicted molar refractivity (Wildman–Crippen MR) is 124 cm³/mol. The van der Waals surface area contributed by atoms with Crippen LogP contribution in [0.15, 0.2) is 42.5 Å². The number of amides is 2. The average Bonchev–Trinajstić information content (AvgIpc) is 3.59. The highest BCUT2D eigenvalue weighted by Gasteiger charge is 2.29. The second kappa shape index (κ2) is 8.41. The second-order valence-corrected chi connectivity index (χ2v) is 9.26. The summed E-state index contributed by atoms with van der Waals surface area (Å²) in [4.78, 5) is 32.3. The zero-order valence-corrected chi connectivity index (χ0v) is 18.8. The molecule has 6 heteroatoms. The summed E-state index contributed by atoms with van der Waals surface area (Å²) in [6.07, 6.45) is 4.12. The number of aryl methyl sites for hydroxylation is 2. The molecule has 2 aliphatic rings. The zero-order chi connectivity index (χ0) is 22.2. The standard InChI is InChI=1S/C26H30N4O2/c1-17-5-8-20(9-6-17)26(32)29-13-3-4-21(16-29)25(31)27-15-19-7-12-24-23(14-19)28-18(2)30(24)22-10-11-22/h5-9,12,14,21-22H,3-4,10-11,13,15-16H2,1-2H3,(H,27,31). The van der Waals surface area contributed by atoms with Crippen LogP contribution >= 0.6 is 0 Å². The van der Waals surface area contributed by atoms with Crippen molar-refractivity contribution in [1.82, 2.24) is 19.8 Å². The molecule has 166 valence electrons. The Morgan fingerprint density at radius 2 is 1.84 bits per heavy atom. The summed E-state index contributed by atoms with van der Waals surface area (Å²) in [5.74, 6) is 0.920. The Morgan fingerprint density at radius 3 is 2.59 bits per heavy atom. The Morgan fingerprint density at radius 1 is 1.06 bits per heavy atom. The topological polar surface area (TPSA) is 67.2 Å². The molecule has 1 saturated carbocycles. The van der Waals surface area contributed by atoms with E-state index in [9.17, 15) is 9.59 Å². The van der Waals surface area contributed by atoms with Crippen molar-refractivity contribution in [2.45, 2.75) is 52.1 Å². The maximum absolute atomic E-state index is 12.9. The minimum atomic E-state index is -0.168. The summed E-state index contributed by atoms with van der Waals surface area (Å²) >= 11 is 0. The van der Waals surface area contributed by atoms with Gasteiger partial charge in [0.2, 0.25) is 5.91 Å². The van der Waals surface area contributed by atoms with E-state index in [1.165, 1.54) is 18.4 Å². The highest BCUT2D eigenvalue weighted by atomic mass is 16.2. The van der Waals surface area contributed by atoms with E-state index in [0.29, 0.717) is 31.2 Å². The number of imidazole rings is 1. The Hall–Kier alpha value is -3.15. The van der Waals surface area contributed by atoms with Crippen molar-refractivity contribution in [3.8, 4) is 0 Å². The first-order valence-corrected chi connectivity index (χ1v) is 11.6. The Labute approximate surface area is 188 Å². The lowest BCUT2D eigenvalue weighted by Gasteiger charge is -2.32. The number of benzene rings is 2. The Bertz CT molecular complexity index is 1160. The minimum absolute atomic E-state index is 0.00886. The number of nitrogens with one attached hydrogen (secondary N) is 1. The van der Waals surface area contributed by atoms with Crippen LogP contribution in [0.1, 0.15) is 59.0 Å². The first-order valence-electron chi connectivity index (χ1n) is 11.6. The molecule has 1 atom stereocenters. The molecule has 2 heterocycles.